The molecular weight excluding hydrogens is 452 g/mol. The minimum atomic E-state index is -0.0463. The van der Waals surface area contributed by atoms with Crippen LogP contribution in [0.4, 0.5) is 0 Å². The van der Waals surface area contributed by atoms with E-state index >= 15 is 0 Å². The van der Waals surface area contributed by atoms with Gasteiger partial charge in [0.1, 0.15) is 5.82 Å². The fraction of sp³-hybridized carbons (Fsp3) is 0.0303. The number of fused-ring (bicyclic) bond motifs is 3. The zero-order valence-corrected chi connectivity index (χ0v) is 20.1. The molecule has 0 aliphatic carbocycles. The topological polar surface area (TPSA) is 42.7 Å². The van der Waals surface area contributed by atoms with Crippen LogP contribution < -0.4 is 5.32 Å². The molecule has 4 nitrogen and oxygen atoms in total. The Bertz CT molecular complexity index is 1760. The maximum Gasteiger partial charge on any atom is 0.138 e. The summed E-state index contributed by atoms with van der Waals surface area (Å²) >= 11 is 0. The van der Waals surface area contributed by atoms with Crippen molar-refractivity contribution >= 4 is 27.6 Å². The molecule has 0 fully saturated rings. The van der Waals surface area contributed by atoms with E-state index < -0.39 is 0 Å². The third kappa shape index (κ3) is 3.71. The van der Waals surface area contributed by atoms with Gasteiger partial charge in [0.05, 0.1) is 28.3 Å². The van der Waals surface area contributed by atoms with Crippen LogP contribution in [-0.2, 0) is 0 Å². The Morgan fingerprint density at radius 2 is 1.46 bits per heavy atom. The van der Waals surface area contributed by atoms with E-state index in [0.717, 1.165) is 39.1 Å². The van der Waals surface area contributed by atoms with E-state index in [-0.39, 0.29) is 6.04 Å². The minimum Gasteiger partial charge on any atom is -0.373 e. The molecule has 1 unspecified atom stereocenters. The number of pyridine rings is 2. The summed E-state index contributed by atoms with van der Waals surface area (Å²) in [4.78, 5) is 9.81. The van der Waals surface area contributed by atoms with Crippen LogP contribution in [0.1, 0.15) is 17.3 Å². The smallest absolute Gasteiger partial charge is 0.138 e. The molecule has 0 bridgehead atoms. The number of nitrogens with one attached hydrogen (secondary N) is 1. The van der Waals surface area contributed by atoms with Gasteiger partial charge in [0.25, 0.3) is 0 Å². The molecule has 1 aliphatic rings. The zero-order valence-electron chi connectivity index (χ0n) is 20.1. The Hall–Kier alpha value is -4.96. The average molecular weight is 477 g/mol. The summed E-state index contributed by atoms with van der Waals surface area (Å²) in [6.07, 6.45) is 8.27. The van der Waals surface area contributed by atoms with Crippen LogP contribution in [0.5, 0.6) is 0 Å². The highest BCUT2D eigenvalue weighted by atomic mass is 15.1. The first-order valence-corrected chi connectivity index (χ1v) is 12.5. The van der Waals surface area contributed by atoms with Crippen molar-refractivity contribution in [2.24, 2.45) is 0 Å². The third-order valence-corrected chi connectivity index (χ3v) is 6.91. The van der Waals surface area contributed by atoms with Crippen molar-refractivity contribution in [3.05, 3.63) is 145 Å². The number of allylic oxidation sites excluding steroid dienone is 2. The summed E-state index contributed by atoms with van der Waals surface area (Å²) in [5.41, 5.74) is 8.77. The predicted molar refractivity (Wildman–Crippen MR) is 151 cm³/mol. The van der Waals surface area contributed by atoms with Crippen LogP contribution in [0.25, 0.3) is 44.6 Å². The van der Waals surface area contributed by atoms with Crippen molar-refractivity contribution in [2.75, 3.05) is 0 Å². The predicted octanol–water partition coefficient (Wildman–Crippen LogP) is 7.48. The number of nitrogens with zero attached hydrogens (tertiary/aromatic N) is 3. The number of dihydropyridines is 1. The van der Waals surface area contributed by atoms with Gasteiger partial charge >= 0.3 is 0 Å². The lowest BCUT2D eigenvalue weighted by molar-refractivity contribution is 0.733. The fourth-order valence-electron chi connectivity index (χ4n) is 5.22. The molecule has 37 heavy (non-hydrogen) atoms. The number of benzene rings is 3. The standard InChI is InChI=1S/C33H24N4/c1-2-11-23(12-3-1)24-13-4-5-14-25(24)27-16-8-17-28(35-27)29-18-9-21-32(36-29)37-30-19-7-6-15-26(30)33-31(37)20-10-22-34-33/h1-22,28,35H. The minimum absolute atomic E-state index is 0.0463. The second-order valence-corrected chi connectivity index (χ2v) is 9.14. The van der Waals surface area contributed by atoms with Crippen LogP contribution >= 0.6 is 0 Å². The van der Waals surface area contributed by atoms with Crippen LogP contribution in [0, 0.1) is 0 Å². The van der Waals surface area contributed by atoms with Crippen LogP contribution in [0.3, 0.4) is 0 Å². The van der Waals surface area contributed by atoms with Crippen molar-refractivity contribution in [2.45, 2.75) is 6.04 Å². The van der Waals surface area contributed by atoms with Crippen LogP contribution in [0.15, 0.2) is 134 Å². The fourth-order valence-corrected chi connectivity index (χ4v) is 5.22. The van der Waals surface area contributed by atoms with Gasteiger partial charge in [0.15, 0.2) is 0 Å². The first kappa shape index (κ1) is 21.3. The Morgan fingerprint density at radius 3 is 2.38 bits per heavy atom. The molecule has 1 aliphatic heterocycles. The van der Waals surface area contributed by atoms with Crippen molar-refractivity contribution in [1.29, 1.82) is 0 Å². The molecule has 1 N–H and O–H groups in total. The first-order valence-electron chi connectivity index (χ1n) is 12.5. The molecule has 4 heteroatoms. The second kappa shape index (κ2) is 8.92. The molecule has 0 saturated heterocycles. The Morgan fingerprint density at radius 1 is 0.676 bits per heavy atom. The number of hydrogen-bond acceptors (Lipinski definition) is 3. The van der Waals surface area contributed by atoms with E-state index in [0.29, 0.717) is 0 Å². The maximum absolute atomic E-state index is 5.14. The van der Waals surface area contributed by atoms with Gasteiger partial charge in [0.2, 0.25) is 0 Å². The summed E-state index contributed by atoms with van der Waals surface area (Å²) in [5, 5.41) is 4.86. The Kier molecular flexibility index (Phi) is 5.14. The molecule has 3 aromatic carbocycles. The lowest BCUT2D eigenvalue weighted by Crippen LogP contribution is -2.22. The van der Waals surface area contributed by atoms with E-state index in [1.54, 1.807) is 0 Å². The summed E-state index contributed by atoms with van der Waals surface area (Å²) in [7, 11) is 0. The van der Waals surface area contributed by atoms with Gasteiger partial charge in [0, 0.05) is 22.8 Å². The van der Waals surface area contributed by atoms with E-state index in [1.807, 2.05) is 12.3 Å². The van der Waals surface area contributed by atoms with E-state index in [2.05, 4.69) is 136 Å². The summed E-state index contributed by atoms with van der Waals surface area (Å²) in [6, 6.07) is 37.7. The van der Waals surface area contributed by atoms with Crippen molar-refractivity contribution in [3.8, 4) is 16.9 Å². The molecule has 1 atom stereocenters. The van der Waals surface area contributed by atoms with Gasteiger partial charge in [-0.15, -0.1) is 0 Å². The lowest BCUT2D eigenvalue weighted by Gasteiger charge is -2.24. The second-order valence-electron chi connectivity index (χ2n) is 9.14. The van der Waals surface area contributed by atoms with Gasteiger partial charge in [-0.25, -0.2) is 4.98 Å². The summed E-state index contributed by atoms with van der Waals surface area (Å²) < 4.78 is 2.20. The Balaban J connectivity index is 1.27. The van der Waals surface area contributed by atoms with Crippen molar-refractivity contribution in [3.63, 3.8) is 0 Å². The number of rotatable bonds is 4. The Labute approximate surface area is 215 Å². The molecule has 0 amide bonds. The summed E-state index contributed by atoms with van der Waals surface area (Å²) in [6.45, 7) is 0. The average Bonchev–Trinajstić information content (AvgIpc) is 3.32. The van der Waals surface area contributed by atoms with Crippen LogP contribution in [0.2, 0.25) is 0 Å². The zero-order chi connectivity index (χ0) is 24.6. The molecule has 176 valence electrons. The monoisotopic (exact) mass is 476 g/mol. The third-order valence-electron chi connectivity index (χ3n) is 6.91. The quantitative estimate of drug-likeness (QED) is 0.287. The molecular formula is C33H24N4. The number of para-hydroxylation sites is 1. The highest BCUT2D eigenvalue weighted by molar-refractivity contribution is 6.06. The molecule has 7 rings (SSSR count). The van der Waals surface area contributed by atoms with E-state index in [1.165, 1.54) is 16.7 Å². The van der Waals surface area contributed by atoms with Gasteiger partial charge in [-0.1, -0.05) is 91.0 Å². The van der Waals surface area contributed by atoms with E-state index in [4.69, 9.17) is 4.98 Å². The molecule has 0 saturated carbocycles. The van der Waals surface area contributed by atoms with Gasteiger partial charge < -0.3 is 5.32 Å². The van der Waals surface area contributed by atoms with Gasteiger partial charge in [-0.2, -0.15) is 0 Å². The van der Waals surface area contributed by atoms with Gasteiger partial charge in [-0.3, -0.25) is 9.55 Å². The van der Waals surface area contributed by atoms with Crippen molar-refractivity contribution in [1.82, 2.24) is 19.9 Å². The normalized spacial score (nSPS) is 15.0. The lowest BCUT2D eigenvalue weighted by atomic mass is 9.95. The first-order chi connectivity index (χ1) is 18.4. The molecule has 0 spiro atoms. The van der Waals surface area contributed by atoms with Crippen molar-refractivity contribution < 1.29 is 0 Å². The highest BCUT2D eigenvalue weighted by Crippen LogP contribution is 2.33. The van der Waals surface area contributed by atoms with Crippen LogP contribution in [-0.4, -0.2) is 14.5 Å². The van der Waals surface area contributed by atoms with Gasteiger partial charge in [-0.05, 0) is 47.5 Å². The number of aromatic nitrogens is 3. The maximum atomic E-state index is 5.14. The summed E-state index contributed by atoms with van der Waals surface area (Å²) in [5.74, 6) is 0.882. The highest BCUT2D eigenvalue weighted by Gasteiger charge is 2.19. The molecule has 3 aromatic heterocycles. The number of hydrogen-bond donors (Lipinski definition) is 1. The molecule has 4 heterocycles. The molecule has 0 radical (unpaired) electrons. The SMILES string of the molecule is C1=CC(c2cccc(-n3c4ccccc4c4ncccc43)n2)NC(c2ccccc2-c2ccccc2)=C1. The van der Waals surface area contributed by atoms with E-state index in [9.17, 15) is 0 Å². The molecule has 6 aromatic rings. The largest absolute Gasteiger partial charge is 0.373 e.